The zero-order valence-corrected chi connectivity index (χ0v) is 8.28. The molecule has 0 atom stereocenters. The number of carbonyl (C=O) groups excluding carboxylic acids is 1. The second-order valence-electron chi connectivity index (χ2n) is 3.95. The number of aldehydes is 1. The Balaban J connectivity index is 2.47. The van der Waals surface area contributed by atoms with Crippen molar-refractivity contribution in [3.63, 3.8) is 0 Å². The third-order valence-electron chi connectivity index (χ3n) is 2.21. The van der Waals surface area contributed by atoms with Crippen LogP contribution in [0.15, 0.2) is 24.3 Å². The summed E-state index contributed by atoms with van der Waals surface area (Å²) in [6.07, 6.45) is 4.86. The maximum Gasteiger partial charge on any atom is 0.150 e. The van der Waals surface area contributed by atoms with Crippen LogP contribution in [0.4, 0.5) is 0 Å². The molecule has 1 aliphatic rings. The van der Waals surface area contributed by atoms with Gasteiger partial charge in [-0.1, -0.05) is 18.2 Å². The predicted octanol–water partition coefficient (Wildman–Crippen LogP) is 2.68. The average Bonchev–Trinajstić information content (AvgIpc) is 2.15. The molecule has 0 saturated carbocycles. The van der Waals surface area contributed by atoms with Crippen LogP contribution < -0.4 is 4.74 Å². The molecule has 0 saturated heterocycles. The lowest BCUT2D eigenvalue weighted by Crippen LogP contribution is -2.27. The van der Waals surface area contributed by atoms with E-state index in [4.69, 9.17) is 4.74 Å². The Hall–Kier alpha value is -1.57. The maximum absolute atomic E-state index is 10.6. The van der Waals surface area contributed by atoms with Crippen LogP contribution in [0.5, 0.6) is 5.75 Å². The van der Waals surface area contributed by atoms with Crippen molar-refractivity contribution in [2.45, 2.75) is 19.4 Å². The number of rotatable bonds is 1. The van der Waals surface area contributed by atoms with Crippen LogP contribution in [0, 0.1) is 0 Å². The number of carbonyl (C=O) groups is 1. The lowest BCUT2D eigenvalue weighted by molar-refractivity contribution is 0.112. The first-order valence-corrected chi connectivity index (χ1v) is 4.58. The third-order valence-corrected chi connectivity index (χ3v) is 2.21. The van der Waals surface area contributed by atoms with Gasteiger partial charge in [0.1, 0.15) is 17.6 Å². The summed E-state index contributed by atoms with van der Waals surface area (Å²) in [5, 5.41) is 0. The van der Waals surface area contributed by atoms with Crippen LogP contribution in [0.2, 0.25) is 0 Å². The standard InChI is InChI=1S/C12H12O2/c1-12(2)6-5-10-4-3-9(8-13)7-11(10)14-12/h3-8H,1-2H3. The topological polar surface area (TPSA) is 26.3 Å². The number of hydrogen-bond acceptors (Lipinski definition) is 2. The van der Waals surface area contributed by atoms with E-state index in [-0.39, 0.29) is 5.60 Å². The van der Waals surface area contributed by atoms with Crippen LogP contribution >= 0.6 is 0 Å². The normalized spacial score (nSPS) is 17.0. The van der Waals surface area contributed by atoms with Gasteiger partial charge in [0.05, 0.1) is 0 Å². The SMILES string of the molecule is CC1(C)C=Cc2ccc(C=O)cc2O1. The fourth-order valence-corrected chi connectivity index (χ4v) is 1.46. The summed E-state index contributed by atoms with van der Waals surface area (Å²) in [4.78, 5) is 10.6. The van der Waals surface area contributed by atoms with Crippen molar-refractivity contribution in [2.24, 2.45) is 0 Å². The largest absolute Gasteiger partial charge is 0.483 e. The smallest absolute Gasteiger partial charge is 0.150 e. The molecule has 0 amide bonds. The quantitative estimate of drug-likeness (QED) is 0.633. The Morgan fingerprint density at radius 1 is 1.36 bits per heavy atom. The molecule has 1 heterocycles. The fourth-order valence-electron chi connectivity index (χ4n) is 1.46. The van der Waals surface area contributed by atoms with E-state index in [0.717, 1.165) is 17.6 Å². The van der Waals surface area contributed by atoms with Crippen LogP contribution in [0.1, 0.15) is 29.8 Å². The average molecular weight is 188 g/mol. The predicted molar refractivity (Wildman–Crippen MR) is 55.6 cm³/mol. The van der Waals surface area contributed by atoms with Gasteiger partial charge in [0, 0.05) is 11.1 Å². The van der Waals surface area contributed by atoms with E-state index in [1.807, 2.05) is 32.1 Å². The number of ether oxygens (including phenoxy) is 1. The highest BCUT2D eigenvalue weighted by molar-refractivity contribution is 5.77. The fraction of sp³-hybridized carbons (Fsp3) is 0.250. The zero-order chi connectivity index (χ0) is 10.2. The van der Waals surface area contributed by atoms with Gasteiger partial charge < -0.3 is 4.74 Å². The Bertz CT molecular complexity index is 403. The molecule has 2 heteroatoms. The Morgan fingerprint density at radius 2 is 2.14 bits per heavy atom. The summed E-state index contributed by atoms with van der Waals surface area (Å²) in [6.45, 7) is 3.97. The zero-order valence-electron chi connectivity index (χ0n) is 8.28. The lowest BCUT2D eigenvalue weighted by atomic mass is 10.0. The van der Waals surface area contributed by atoms with Crippen LogP contribution in [0.3, 0.4) is 0 Å². The van der Waals surface area contributed by atoms with Crippen molar-refractivity contribution in [3.8, 4) is 5.75 Å². The molecule has 0 bridgehead atoms. The molecule has 0 radical (unpaired) electrons. The highest BCUT2D eigenvalue weighted by Gasteiger charge is 2.21. The van der Waals surface area contributed by atoms with Crippen molar-refractivity contribution in [3.05, 3.63) is 35.4 Å². The first kappa shape index (κ1) is 9.00. The van der Waals surface area contributed by atoms with Crippen molar-refractivity contribution < 1.29 is 9.53 Å². The van der Waals surface area contributed by atoms with Crippen LogP contribution in [-0.2, 0) is 0 Å². The number of fused-ring (bicyclic) bond motifs is 1. The van der Waals surface area contributed by atoms with E-state index < -0.39 is 0 Å². The van der Waals surface area contributed by atoms with Gasteiger partial charge in [-0.25, -0.2) is 0 Å². The highest BCUT2D eigenvalue weighted by Crippen LogP contribution is 2.30. The van der Waals surface area contributed by atoms with Gasteiger partial charge in [0.15, 0.2) is 0 Å². The monoisotopic (exact) mass is 188 g/mol. The summed E-state index contributed by atoms with van der Waals surface area (Å²) in [5.41, 5.74) is 1.39. The van der Waals surface area contributed by atoms with E-state index in [1.165, 1.54) is 0 Å². The van der Waals surface area contributed by atoms with Gasteiger partial charge in [-0.3, -0.25) is 4.79 Å². The summed E-state index contributed by atoms with van der Waals surface area (Å²) < 4.78 is 5.72. The van der Waals surface area contributed by atoms with Crippen molar-refractivity contribution in [1.82, 2.24) is 0 Å². The molecule has 14 heavy (non-hydrogen) atoms. The molecular weight excluding hydrogens is 176 g/mol. The first-order chi connectivity index (χ1) is 6.61. The molecule has 0 unspecified atom stereocenters. The molecule has 2 rings (SSSR count). The van der Waals surface area contributed by atoms with Gasteiger partial charge in [-0.05, 0) is 26.0 Å². The molecular formula is C12H12O2. The minimum atomic E-state index is -0.283. The Kier molecular flexibility index (Phi) is 1.92. The number of hydrogen-bond donors (Lipinski definition) is 0. The Labute approximate surface area is 83.2 Å². The highest BCUT2D eigenvalue weighted by atomic mass is 16.5. The minimum absolute atomic E-state index is 0.283. The molecule has 0 aromatic heterocycles. The van der Waals surface area contributed by atoms with Gasteiger partial charge in [0.2, 0.25) is 0 Å². The molecule has 0 N–H and O–H groups in total. The second-order valence-corrected chi connectivity index (χ2v) is 3.95. The van der Waals surface area contributed by atoms with Gasteiger partial charge in [0.25, 0.3) is 0 Å². The van der Waals surface area contributed by atoms with Crippen LogP contribution in [0.25, 0.3) is 6.08 Å². The molecule has 1 aromatic rings. The lowest BCUT2D eigenvalue weighted by Gasteiger charge is -2.27. The molecule has 2 nitrogen and oxygen atoms in total. The van der Waals surface area contributed by atoms with Crippen molar-refractivity contribution in [1.29, 1.82) is 0 Å². The van der Waals surface area contributed by atoms with Crippen LogP contribution in [-0.4, -0.2) is 11.9 Å². The van der Waals surface area contributed by atoms with Gasteiger partial charge in [-0.2, -0.15) is 0 Å². The first-order valence-electron chi connectivity index (χ1n) is 4.58. The second kappa shape index (κ2) is 2.98. The summed E-state index contributed by atoms with van der Waals surface area (Å²) in [5.74, 6) is 0.780. The molecule has 0 fully saturated rings. The Morgan fingerprint density at radius 3 is 2.86 bits per heavy atom. The van der Waals surface area contributed by atoms with Crippen molar-refractivity contribution >= 4 is 12.4 Å². The van der Waals surface area contributed by atoms with Crippen molar-refractivity contribution in [2.75, 3.05) is 0 Å². The van der Waals surface area contributed by atoms with E-state index in [0.29, 0.717) is 5.56 Å². The molecule has 0 aliphatic carbocycles. The molecule has 72 valence electrons. The molecule has 1 aliphatic heterocycles. The van der Waals surface area contributed by atoms with E-state index in [2.05, 4.69) is 0 Å². The summed E-state index contributed by atoms with van der Waals surface area (Å²) in [6, 6.07) is 5.45. The van der Waals surface area contributed by atoms with Gasteiger partial charge in [-0.15, -0.1) is 0 Å². The maximum atomic E-state index is 10.6. The minimum Gasteiger partial charge on any atom is -0.483 e. The molecule has 0 spiro atoms. The number of benzene rings is 1. The van der Waals surface area contributed by atoms with E-state index in [1.54, 1.807) is 12.1 Å². The summed E-state index contributed by atoms with van der Waals surface area (Å²) >= 11 is 0. The van der Waals surface area contributed by atoms with E-state index >= 15 is 0 Å². The third kappa shape index (κ3) is 1.55. The van der Waals surface area contributed by atoms with E-state index in [9.17, 15) is 4.79 Å². The van der Waals surface area contributed by atoms with Gasteiger partial charge >= 0.3 is 0 Å². The molecule has 1 aromatic carbocycles. The summed E-state index contributed by atoms with van der Waals surface area (Å²) in [7, 11) is 0.